The number of allylic oxidation sites excluding steroid dienone is 1. The predicted octanol–water partition coefficient (Wildman–Crippen LogP) is 2.67. The van der Waals surface area contributed by atoms with Crippen LogP contribution < -0.4 is 9.64 Å². The van der Waals surface area contributed by atoms with Gasteiger partial charge in [0.2, 0.25) is 0 Å². The van der Waals surface area contributed by atoms with Gasteiger partial charge in [0.15, 0.2) is 5.78 Å². The molecule has 0 saturated carbocycles. The molecule has 3 nitrogen and oxygen atoms in total. The van der Waals surface area contributed by atoms with Crippen LogP contribution in [0.3, 0.4) is 0 Å². The number of benzene rings is 1. The Balaban J connectivity index is 2.38. The highest BCUT2D eigenvalue weighted by atomic mass is 32.2. The molecule has 1 aliphatic rings. The first kappa shape index (κ1) is 11.1. The molecule has 0 fully saturated rings. The van der Waals surface area contributed by atoms with E-state index in [1.807, 2.05) is 30.1 Å². The van der Waals surface area contributed by atoms with Crippen LogP contribution in [0.5, 0.6) is 5.75 Å². The van der Waals surface area contributed by atoms with Crippen LogP contribution in [-0.2, 0) is 4.79 Å². The molecule has 2 rings (SSSR count). The van der Waals surface area contributed by atoms with E-state index in [2.05, 4.69) is 0 Å². The Morgan fingerprint density at radius 3 is 2.88 bits per heavy atom. The van der Waals surface area contributed by atoms with Crippen molar-refractivity contribution in [2.24, 2.45) is 0 Å². The zero-order valence-electron chi connectivity index (χ0n) is 9.48. The highest BCUT2D eigenvalue weighted by Gasteiger charge is 2.22. The maximum atomic E-state index is 11.1. The van der Waals surface area contributed by atoms with Gasteiger partial charge in [-0.1, -0.05) is 11.8 Å². The number of ketones is 1. The van der Waals surface area contributed by atoms with Crippen molar-refractivity contribution in [3.63, 3.8) is 0 Å². The van der Waals surface area contributed by atoms with E-state index in [-0.39, 0.29) is 5.78 Å². The molecule has 1 heterocycles. The van der Waals surface area contributed by atoms with Crippen LogP contribution in [-0.4, -0.2) is 19.9 Å². The molecular weight excluding hydrogens is 222 g/mol. The number of thioether (sulfide) groups is 1. The summed E-state index contributed by atoms with van der Waals surface area (Å²) in [5.41, 5.74) is 1.08. The summed E-state index contributed by atoms with van der Waals surface area (Å²) >= 11 is 1.60. The molecule has 0 bridgehead atoms. The lowest BCUT2D eigenvalue weighted by atomic mass is 10.3. The van der Waals surface area contributed by atoms with Gasteiger partial charge in [-0.15, -0.1) is 0 Å². The second-order valence-corrected chi connectivity index (χ2v) is 4.65. The highest BCUT2D eigenvalue weighted by molar-refractivity contribution is 8.03. The van der Waals surface area contributed by atoms with E-state index >= 15 is 0 Å². The number of fused-ring (bicyclic) bond motifs is 1. The third-order valence-electron chi connectivity index (χ3n) is 2.40. The van der Waals surface area contributed by atoms with Crippen LogP contribution in [0.2, 0.25) is 0 Å². The van der Waals surface area contributed by atoms with Crippen LogP contribution in [0.4, 0.5) is 5.69 Å². The number of ether oxygens (including phenoxy) is 1. The first-order valence-corrected chi connectivity index (χ1v) is 5.75. The highest BCUT2D eigenvalue weighted by Crippen LogP contribution is 2.46. The molecule has 1 aromatic carbocycles. The van der Waals surface area contributed by atoms with Crippen molar-refractivity contribution in [2.45, 2.75) is 11.8 Å². The summed E-state index contributed by atoms with van der Waals surface area (Å²) in [6.45, 7) is 1.56. The zero-order chi connectivity index (χ0) is 11.7. The van der Waals surface area contributed by atoms with E-state index in [1.54, 1.807) is 31.9 Å². The number of rotatable bonds is 2. The van der Waals surface area contributed by atoms with Crippen molar-refractivity contribution in [2.75, 3.05) is 19.1 Å². The fourth-order valence-electron chi connectivity index (χ4n) is 1.57. The number of carbonyl (C=O) groups is 1. The summed E-state index contributed by atoms with van der Waals surface area (Å²) in [5.74, 6) is 0.893. The first-order chi connectivity index (χ1) is 7.61. The molecule has 0 amide bonds. The molecule has 0 N–H and O–H groups in total. The summed E-state index contributed by atoms with van der Waals surface area (Å²) in [4.78, 5) is 14.2. The molecule has 0 atom stereocenters. The van der Waals surface area contributed by atoms with Gasteiger partial charge in [-0.05, 0) is 19.1 Å². The quantitative estimate of drug-likeness (QED) is 0.737. The molecule has 0 saturated heterocycles. The van der Waals surface area contributed by atoms with Crippen molar-refractivity contribution in [1.82, 2.24) is 0 Å². The third kappa shape index (κ3) is 1.93. The Morgan fingerprint density at radius 1 is 1.50 bits per heavy atom. The number of hydrogen-bond donors (Lipinski definition) is 0. The van der Waals surface area contributed by atoms with E-state index in [4.69, 9.17) is 4.74 Å². The van der Waals surface area contributed by atoms with Crippen LogP contribution in [0.15, 0.2) is 34.2 Å². The van der Waals surface area contributed by atoms with E-state index in [9.17, 15) is 4.79 Å². The Hall–Kier alpha value is -1.42. The number of anilines is 1. The Kier molecular flexibility index (Phi) is 2.92. The summed E-state index contributed by atoms with van der Waals surface area (Å²) in [5, 5.41) is 0.954. The average molecular weight is 235 g/mol. The third-order valence-corrected chi connectivity index (χ3v) is 3.57. The van der Waals surface area contributed by atoms with Crippen LogP contribution in [0, 0.1) is 0 Å². The molecule has 84 valence electrons. The SMILES string of the molecule is COc1ccc2c(c1)N(C)/C(=C/C(C)=O)S2. The van der Waals surface area contributed by atoms with Crippen molar-refractivity contribution < 1.29 is 9.53 Å². The van der Waals surface area contributed by atoms with Crippen LogP contribution in [0.1, 0.15) is 6.92 Å². The standard InChI is InChI=1S/C12H13NO2S/c1-8(14)6-12-13(2)10-7-9(15-3)4-5-11(10)16-12/h4-7H,1-3H3/b12-6-. The molecule has 0 aliphatic carbocycles. The van der Waals surface area contributed by atoms with Crippen LogP contribution >= 0.6 is 11.8 Å². The fourth-order valence-corrected chi connectivity index (χ4v) is 2.69. The van der Waals surface area contributed by atoms with Gasteiger partial charge in [-0.25, -0.2) is 0 Å². The monoisotopic (exact) mass is 235 g/mol. The van der Waals surface area contributed by atoms with Crippen molar-refractivity contribution >= 4 is 23.2 Å². The summed E-state index contributed by atoms with van der Waals surface area (Å²) < 4.78 is 5.18. The molecular formula is C12H13NO2S. The van der Waals surface area contributed by atoms with Gasteiger partial charge in [0.1, 0.15) is 5.75 Å². The Labute approximate surface area is 99.1 Å². The van der Waals surface area contributed by atoms with Gasteiger partial charge in [0.25, 0.3) is 0 Å². The minimum atomic E-state index is 0.0640. The smallest absolute Gasteiger partial charge is 0.155 e. The molecule has 4 heteroatoms. The van der Waals surface area contributed by atoms with Gasteiger partial charge in [-0.3, -0.25) is 4.79 Å². The molecule has 1 aliphatic heterocycles. The topological polar surface area (TPSA) is 29.5 Å². The normalized spacial score (nSPS) is 16.4. The maximum Gasteiger partial charge on any atom is 0.155 e. The summed E-state index contributed by atoms with van der Waals surface area (Å²) in [6, 6.07) is 5.91. The molecule has 0 unspecified atom stereocenters. The van der Waals surface area contributed by atoms with Gasteiger partial charge in [-0.2, -0.15) is 0 Å². The number of hydrogen-bond acceptors (Lipinski definition) is 4. The molecule has 0 aromatic heterocycles. The molecule has 0 radical (unpaired) electrons. The summed E-state index contributed by atoms with van der Waals surface area (Å²) in [6.07, 6.45) is 1.65. The number of nitrogens with zero attached hydrogens (tertiary/aromatic N) is 1. The van der Waals surface area contributed by atoms with Crippen LogP contribution in [0.25, 0.3) is 0 Å². The van der Waals surface area contributed by atoms with E-state index in [1.165, 1.54) is 0 Å². The van der Waals surface area contributed by atoms with Gasteiger partial charge < -0.3 is 9.64 Å². The Bertz CT molecular complexity index is 468. The van der Waals surface area contributed by atoms with Gasteiger partial charge in [0, 0.05) is 24.1 Å². The van der Waals surface area contributed by atoms with Crippen molar-refractivity contribution in [3.8, 4) is 5.75 Å². The predicted molar refractivity (Wildman–Crippen MR) is 66.0 cm³/mol. The first-order valence-electron chi connectivity index (χ1n) is 4.93. The van der Waals surface area contributed by atoms with Crippen molar-refractivity contribution in [3.05, 3.63) is 29.3 Å². The molecule has 0 spiro atoms. The fraction of sp³-hybridized carbons (Fsp3) is 0.250. The largest absolute Gasteiger partial charge is 0.497 e. The Morgan fingerprint density at radius 2 is 2.25 bits per heavy atom. The zero-order valence-corrected chi connectivity index (χ0v) is 10.3. The summed E-state index contributed by atoms with van der Waals surface area (Å²) in [7, 11) is 3.60. The van der Waals surface area contributed by atoms with E-state index < -0.39 is 0 Å². The number of methoxy groups -OCH3 is 1. The van der Waals surface area contributed by atoms with Gasteiger partial charge >= 0.3 is 0 Å². The maximum absolute atomic E-state index is 11.1. The van der Waals surface area contributed by atoms with E-state index in [0.29, 0.717) is 0 Å². The van der Waals surface area contributed by atoms with Crippen molar-refractivity contribution in [1.29, 1.82) is 0 Å². The average Bonchev–Trinajstić information content (AvgIpc) is 2.55. The van der Waals surface area contributed by atoms with E-state index in [0.717, 1.165) is 21.4 Å². The van der Waals surface area contributed by atoms with Gasteiger partial charge in [0.05, 0.1) is 17.8 Å². The minimum Gasteiger partial charge on any atom is -0.497 e. The molecule has 1 aromatic rings. The minimum absolute atomic E-state index is 0.0640. The second-order valence-electron chi connectivity index (χ2n) is 3.59. The molecule has 16 heavy (non-hydrogen) atoms. The number of carbonyl (C=O) groups excluding carboxylic acids is 1. The second kappa shape index (κ2) is 4.22. The lowest BCUT2D eigenvalue weighted by Crippen LogP contribution is -2.10. The lowest BCUT2D eigenvalue weighted by Gasteiger charge is -2.13. The lowest BCUT2D eigenvalue weighted by molar-refractivity contribution is -0.112.